The molecule has 1 amide bonds. The molecule has 8 nitrogen and oxygen atoms in total. The molecule has 194 valence electrons. The Kier molecular flexibility index (Phi) is 10.2. The van der Waals surface area contributed by atoms with Crippen molar-refractivity contribution in [2.45, 2.75) is 30.7 Å². The molecular formula is C27H28IN3O5S. The molecule has 0 spiro atoms. The number of halogens is 1. The van der Waals surface area contributed by atoms with Crippen LogP contribution < -0.4 is 14.9 Å². The van der Waals surface area contributed by atoms with E-state index in [1.54, 1.807) is 37.3 Å². The van der Waals surface area contributed by atoms with Gasteiger partial charge >= 0.3 is 0 Å². The van der Waals surface area contributed by atoms with Crippen LogP contribution in [0.5, 0.6) is 11.5 Å². The van der Waals surface area contributed by atoms with Gasteiger partial charge in [0.25, 0.3) is 5.91 Å². The number of carbonyl (C=O) groups excluding carboxylic acids is 1. The summed E-state index contributed by atoms with van der Waals surface area (Å²) in [5, 5.41) is 14.4. The second-order valence-electron chi connectivity index (χ2n) is 8.00. The number of phenols is 1. The Morgan fingerprint density at radius 3 is 2.51 bits per heavy atom. The highest BCUT2D eigenvalue weighted by Gasteiger charge is 2.26. The zero-order valence-electron chi connectivity index (χ0n) is 20.2. The number of phenolic OH excluding ortho intramolecular Hbond substituents is 1. The van der Waals surface area contributed by atoms with E-state index >= 15 is 0 Å². The van der Waals surface area contributed by atoms with Crippen molar-refractivity contribution in [1.82, 2.24) is 10.1 Å². The Hall–Kier alpha value is -3.22. The lowest BCUT2D eigenvalue weighted by atomic mass is 10.1. The molecular weight excluding hydrogens is 605 g/mol. The minimum atomic E-state index is -3.97. The van der Waals surface area contributed by atoms with Gasteiger partial charge in [-0.3, -0.25) is 4.79 Å². The van der Waals surface area contributed by atoms with E-state index in [4.69, 9.17) is 4.74 Å². The van der Waals surface area contributed by atoms with Crippen LogP contribution in [0.15, 0.2) is 89.4 Å². The summed E-state index contributed by atoms with van der Waals surface area (Å²) >= 11 is 2.09. The van der Waals surface area contributed by atoms with E-state index < -0.39 is 22.0 Å². The number of nitrogens with one attached hydrogen (secondary N) is 2. The summed E-state index contributed by atoms with van der Waals surface area (Å²) in [7, 11) is -3.97. The van der Waals surface area contributed by atoms with Crippen molar-refractivity contribution in [2.75, 3.05) is 6.61 Å². The van der Waals surface area contributed by atoms with Crippen molar-refractivity contribution in [3.05, 3.63) is 99.6 Å². The van der Waals surface area contributed by atoms with Crippen LogP contribution in [0.25, 0.3) is 0 Å². The lowest BCUT2D eigenvalue weighted by Crippen LogP contribution is -2.46. The number of hydrazone groups is 1. The van der Waals surface area contributed by atoms with E-state index in [1.807, 2.05) is 30.3 Å². The van der Waals surface area contributed by atoms with Gasteiger partial charge in [0.05, 0.1) is 17.7 Å². The van der Waals surface area contributed by atoms with E-state index in [0.717, 1.165) is 9.13 Å². The molecule has 3 aromatic rings. The first-order chi connectivity index (χ1) is 17.7. The van der Waals surface area contributed by atoms with Gasteiger partial charge in [-0.25, -0.2) is 13.8 Å². The fraction of sp³-hybridized carbons (Fsp3) is 0.185. The largest absolute Gasteiger partial charge is 0.504 e. The Morgan fingerprint density at radius 1 is 1.16 bits per heavy atom. The van der Waals surface area contributed by atoms with Gasteiger partial charge in [0.2, 0.25) is 10.0 Å². The van der Waals surface area contributed by atoms with Crippen molar-refractivity contribution in [3.8, 4) is 11.5 Å². The Morgan fingerprint density at radius 2 is 1.86 bits per heavy atom. The fourth-order valence-corrected chi connectivity index (χ4v) is 5.05. The smallest absolute Gasteiger partial charge is 0.258 e. The average molecular weight is 634 g/mol. The molecule has 0 aliphatic heterocycles. The zero-order chi connectivity index (χ0) is 26.8. The number of carbonyl (C=O) groups is 1. The summed E-state index contributed by atoms with van der Waals surface area (Å²) in [6, 6.07) is 17.6. The minimum absolute atomic E-state index is 0.0240. The van der Waals surface area contributed by atoms with Gasteiger partial charge in [0.15, 0.2) is 11.5 Å². The van der Waals surface area contributed by atoms with Gasteiger partial charge in [-0.05, 0) is 89.9 Å². The van der Waals surface area contributed by atoms with E-state index in [1.165, 1.54) is 18.3 Å². The monoisotopic (exact) mass is 633 g/mol. The number of benzene rings is 3. The predicted molar refractivity (Wildman–Crippen MR) is 152 cm³/mol. The number of hydrogen-bond acceptors (Lipinski definition) is 6. The number of nitrogens with zero attached hydrogens (tertiary/aromatic N) is 1. The fourth-order valence-electron chi connectivity index (χ4n) is 3.50. The number of rotatable bonds is 12. The highest BCUT2D eigenvalue weighted by atomic mass is 127. The summed E-state index contributed by atoms with van der Waals surface area (Å²) in [5.41, 5.74) is 4.39. The quantitative estimate of drug-likeness (QED) is 0.120. The van der Waals surface area contributed by atoms with Gasteiger partial charge in [0.1, 0.15) is 6.04 Å². The van der Waals surface area contributed by atoms with Crippen LogP contribution >= 0.6 is 22.6 Å². The van der Waals surface area contributed by atoms with Gasteiger partial charge in [-0.15, -0.1) is 6.58 Å². The summed E-state index contributed by atoms with van der Waals surface area (Å²) in [6.07, 6.45) is 3.60. The van der Waals surface area contributed by atoms with Crippen LogP contribution in [-0.4, -0.2) is 38.3 Å². The number of sulfonamides is 1. The van der Waals surface area contributed by atoms with E-state index in [-0.39, 0.29) is 17.1 Å². The van der Waals surface area contributed by atoms with Crippen LogP contribution in [0.1, 0.15) is 23.6 Å². The third-order valence-corrected chi connectivity index (χ3v) is 7.46. The third kappa shape index (κ3) is 8.14. The average Bonchev–Trinajstić information content (AvgIpc) is 2.87. The molecule has 0 aliphatic carbocycles. The highest BCUT2D eigenvalue weighted by molar-refractivity contribution is 14.1. The second-order valence-corrected chi connectivity index (χ2v) is 11.0. The topological polar surface area (TPSA) is 117 Å². The predicted octanol–water partition coefficient (Wildman–Crippen LogP) is 4.16. The first-order valence-corrected chi connectivity index (χ1v) is 14.0. The Labute approximate surface area is 230 Å². The van der Waals surface area contributed by atoms with Crippen molar-refractivity contribution >= 4 is 44.7 Å². The Balaban J connectivity index is 1.82. The summed E-state index contributed by atoms with van der Waals surface area (Å²) in [6.45, 7) is 5.86. The van der Waals surface area contributed by atoms with Crippen LogP contribution in [0, 0.1) is 3.57 Å². The molecule has 3 rings (SSSR count). The lowest BCUT2D eigenvalue weighted by molar-refractivity contribution is -0.122. The van der Waals surface area contributed by atoms with Crippen molar-refractivity contribution in [3.63, 3.8) is 0 Å². The van der Waals surface area contributed by atoms with Crippen LogP contribution in [-0.2, 0) is 27.7 Å². The third-order valence-electron chi connectivity index (χ3n) is 5.25. The maximum absolute atomic E-state index is 13.1. The molecule has 10 heteroatoms. The molecule has 37 heavy (non-hydrogen) atoms. The highest BCUT2D eigenvalue weighted by Crippen LogP contribution is 2.32. The molecule has 0 unspecified atom stereocenters. The van der Waals surface area contributed by atoms with Crippen LogP contribution in [0.4, 0.5) is 0 Å². The molecule has 0 saturated heterocycles. The molecule has 0 fully saturated rings. The molecule has 0 aliphatic rings. The van der Waals surface area contributed by atoms with Gasteiger partial charge in [-0.1, -0.05) is 36.4 Å². The molecule has 3 aromatic carbocycles. The lowest BCUT2D eigenvalue weighted by Gasteiger charge is -2.17. The molecule has 0 aromatic heterocycles. The maximum atomic E-state index is 13.1. The van der Waals surface area contributed by atoms with Crippen molar-refractivity contribution in [2.24, 2.45) is 5.10 Å². The summed E-state index contributed by atoms with van der Waals surface area (Å²) in [4.78, 5) is 13.1. The number of allylic oxidation sites excluding steroid dienone is 1. The molecule has 0 radical (unpaired) electrons. The molecule has 0 heterocycles. The zero-order valence-corrected chi connectivity index (χ0v) is 23.2. The van der Waals surface area contributed by atoms with Gasteiger partial charge in [0, 0.05) is 9.13 Å². The standard InChI is InChI=1S/C27H28IN3O5S/c1-3-8-21-15-20(17-25(26(21)32)36-4-2)18-29-30-27(33)24(16-19-9-6-5-7-10-19)31-37(34,35)23-13-11-22(28)12-14-23/h3,5-7,9-15,17-18,24,31-32H,1,4,8,16H2,2H3,(H,30,33)/b29-18-/t24-/m1/s1. The molecule has 0 bridgehead atoms. The van der Waals surface area contributed by atoms with Crippen LogP contribution in [0.3, 0.4) is 0 Å². The number of ether oxygens (including phenoxy) is 1. The van der Waals surface area contributed by atoms with Crippen LogP contribution in [0.2, 0.25) is 0 Å². The normalized spacial score (nSPS) is 12.3. The number of amides is 1. The van der Waals surface area contributed by atoms with E-state index in [9.17, 15) is 18.3 Å². The molecule has 0 saturated carbocycles. The first kappa shape index (κ1) is 28.4. The van der Waals surface area contributed by atoms with Crippen molar-refractivity contribution in [1.29, 1.82) is 0 Å². The molecule has 1 atom stereocenters. The number of hydrogen-bond donors (Lipinski definition) is 3. The van der Waals surface area contributed by atoms with Crippen molar-refractivity contribution < 1.29 is 23.1 Å². The summed E-state index contributed by atoms with van der Waals surface area (Å²) in [5.74, 6) is -0.304. The SMILES string of the molecule is C=CCc1cc(/C=N\NC(=O)[C@@H](Cc2ccccc2)NS(=O)(=O)c2ccc(I)cc2)cc(OCC)c1O. The second kappa shape index (κ2) is 13.4. The molecule has 3 N–H and O–H groups in total. The van der Waals surface area contributed by atoms with E-state index in [0.29, 0.717) is 29.9 Å². The summed E-state index contributed by atoms with van der Waals surface area (Å²) < 4.78 is 34.9. The Bertz CT molecular complexity index is 1360. The van der Waals surface area contributed by atoms with E-state index in [2.05, 4.69) is 44.4 Å². The first-order valence-electron chi connectivity index (χ1n) is 11.5. The maximum Gasteiger partial charge on any atom is 0.258 e. The minimum Gasteiger partial charge on any atom is -0.504 e. The van der Waals surface area contributed by atoms with Gasteiger partial charge < -0.3 is 9.84 Å². The van der Waals surface area contributed by atoms with Gasteiger partial charge in [-0.2, -0.15) is 9.82 Å². The number of aromatic hydroxyl groups is 1.